The van der Waals surface area contributed by atoms with Crippen molar-refractivity contribution in [3.8, 4) is 0 Å². The molecule has 0 saturated carbocycles. The fraction of sp³-hybridized carbons (Fsp3) is 0.727. The molecule has 1 fully saturated rings. The second-order valence-electron chi connectivity index (χ2n) is 4.28. The topological polar surface area (TPSA) is 26.3 Å². The lowest BCUT2D eigenvalue weighted by molar-refractivity contribution is -0.122. The summed E-state index contributed by atoms with van der Waals surface area (Å²) in [7, 11) is 0. The van der Waals surface area contributed by atoms with Gasteiger partial charge in [-0.15, -0.1) is 0 Å². The lowest BCUT2D eigenvalue weighted by Crippen LogP contribution is -2.24. The molecule has 0 amide bonds. The van der Waals surface area contributed by atoms with Crippen LogP contribution in [0.15, 0.2) is 11.1 Å². The Morgan fingerprint density at radius 2 is 2.15 bits per heavy atom. The molecule has 0 unspecified atom stereocenters. The normalized spacial score (nSPS) is 38.2. The summed E-state index contributed by atoms with van der Waals surface area (Å²) in [6.07, 6.45) is 2.26. The maximum absolute atomic E-state index is 11.3. The van der Waals surface area contributed by atoms with E-state index in [1.54, 1.807) is 6.92 Å². The van der Waals surface area contributed by atoms with Crippen molar-refractivity contribution in [2.45, 2.75) is 45.8 Å². The first-order valence-electron chi connectivity index (χ1n) is 4.91. The summed E-state index contributed by atoms with van der Waals surface area (Å²) in [4.78, 5) is 11.3. The molecule has 0 radical (unpaired) electrons. The highest BCUT2D eigenvalue weighted by Crippen LogP contribution is 2.40. The summed E-state index contributed by atoms with van der Waals surface area (Å²) >= 11 is 0. The molecule has 2 heteroatoms. The third-order valence-electron chi connectivity index (χ3n) is 3.44. The summed E-state index contributed by atoms with van der Waals surface area (Å²) < 4.78 is 5.78. The Hall–Kier alpha value is -0.630. The average Bonchev–Trinajstić information content (AvgIpc) is 2.41. The predicted octanol–water partition coefficient (Wildman–Crippen LogP) is 2.09. The minimum atomic E-state index is 0.150. The van der Waals surface area contributed by atoms with Crippen molar-refractivity contribution >= 4 is 5.78 Å². The summed E-state index contributed by atoms with van der Waals surface area (Å²) in [6.45, 7) is 5.96. The van der Waals surface area contributed by atoms with Gasteiger partial charge in [0.15, 0.2) is 0 Å². The molecule has 2 bridgehead atoms. The Morgan fingerprint density at radius 1 is 1.46 bits per heavy atom. The molecule has 0 aliphatic carbocycles. The Labute approximate surface area is 79.0 Å². The molecule has 0 N–H and O–H groups in total. The van der Waals surface area contributed by atoms with E-state index in [1.165, 1.54) is 11.1 Å². The van der Waals surface area contributed by atoms with Crippen LogP contribution in [0.3, 0.4) is 0 Å². The van der Waals surface area contributed by atoms with E-state index in [9.17, 15) is 4.79 Å². The van der Waals surface area contributed by atoms with Gasteiger partial charge in [-0.2, -0.15) is 0 Å². The van der Waals surface area contributed by atoms with Gasteiger partial charge in [-0.25, -0.2) is 0 Å². The number of fused-ring (bicyclic) bond motifs is 2. The molecule has 2 aliphatic rings. The van der Waals surface area contributed by atoms with E-state index in [4.69, 9.17) is 4.74 Å². The van der Waals surface area contributed by atoms with Crippen LogP contribution in [0, 0.1) is 5.92 Å². The minimum Gasteiger partial charge on any atom is -0.370 e. The first kappa shape index (κ1) is 8.95. The predicted molar refractivity (Wildman–Crippen MR) is 50.4 cm³/mol. The van der Waals surface area contributed by atoms with E-state index in [0.717, 1.165) is 12.8 Å². The Morgan fingerprint density at radius 3 is 2.77 bits per heavy atom. The number of Topliss-reactive ketones (excluding diaryl/α,β-unsaturated/α-hetero) is 1. The maximum atomic E-state index is 11.3. The fourth-order valence-corrected chi connectivity index (χ4v) is 2.38. The lowest BCUT2D eigenvalue weighted by atomic mass is 9.95. The van der Waals surface area contributed by atoms with Gasteiger partial charge in [0.1, 0.15) is 5.78 Å². The van der Waals surface area contributed by atoms with Gasteiger partial charge >= 0.3 is 0 Å². The molecule has 0 spiro atoms. The molecule has 3 atom stereocenters. The van der Waals surface area contributed by atoms with Crippen LogP contribution < -0.4 is 0 Å². The highest BCUT2D eigenvalue weighted by Gasteiger charge is 2.41. The Kier molecular flexibility index (Phi) is 2.03. The standard InChI is InChI=1S/C11H16O2/c1-6-4-11-9(8(3)12)5-10(13-11)7(6)2/h9-11H,4-5H2,1-3H3/t9-,10-,11-/m0/s1. The first-order valence-corrected chi connectivity index (χ1v) is 4.91. The summed E-state index contributed by atoms with van der Waals surface area (Å²) in [5.41, 5.74) is 2.77. The van der Waals surface area contributed by atoms with Crippen LogP contribution in [0.4, 0.5) is 0 Å². The molecule has 0 aromatic heterocycles. The Bertz CT molecular complexity index is 278. The van der Waals surface area contributed by atoms with Crippen molar-refractivity contribution in [2.75, 3.05) is 0 Å². The van der Waals surface area contributed by atoms with Crippen LogP contribution in [-0.4, -0.2) is 18.0 Å². The number of hydrogen-bond donors (Lipinski definition) is 0. The monoisotopic (exact) mass is 180 g/mol. The van der Waals surface area contributed by atoms with Crippen LogP contribution in [0.2, 0.25) is 0 Å². The molecule has 2 aliphatic heterocycles. The lowest BCUT2D eigenvalue weighted by Gasteiger charge is -2.23. The fourth-order valence-electron chi connectivity index (χ4n) is 2.38. The second-order valence-corrected chi connectivity index (χ2v) is 4.28. The minimum absolute atomic E-state index is 0.150. The van der Waals surface area contributed by atoms with Crippen LogP contribution in [0.1, 0.15) is 33.6 Å². The molecule has 2 rings (SSSR count). The zero-order valence-electron chi connectivity index (χ0n) is 8.46. The molecule has 0 aromatic carbocycles. The number of ether oxygens (including phenoxy) is 1. The van der Waals surface area contributed by atoms with Gasteiger partial charge in [0, 0.05) is 5.92 Å². The van der Waals surface area contributed by atoms with E-state index in [0.29, 0.717) is 0 Å². The molecule has 2 heterocycles. The number of carbonyl (C=O) groups excluding carboxylic acids is 1. The number of carbonyl (C=O) groups is 1. The van der Waals surface area contributed by atoms with Crippen LogP contribution in [0.25, 0.3) is 0 Å². The second kappa shape index (κ2) is 2.95. The smallest absolute Gasteiger partial charge is 0.135 e. The van der Waals surface area contributed by atoms with Crippen molar-refractivity contribution in [1.82, 2.24) is 0 Å². The molecular formula is C11H16O2. The van der Waals surface area contributed by atoms with Crippen molar-refractivity contribution < 1.29 is 9.53 Å². The number of rotatable bonds is 1. The van der Waals surface area contributed by atoms with E-state index >= 15 is 0 Å². The van der Waals surface area contributed by atoms with Crippen LogP contribution in [0.5, 0.6) is 0 Å². The molecule has 2 nitrogen and oxygen atoms in total. The average molecular weight is 180 g/mol. The SMILES string of the molecule is CC(=O)[C@@H]1C[C@@H]2O[C@H]1CC(C)=C2C. The van der Waals surface area contributed by atoms with E-state index in [-0.39, 0.29) is 23.9 Å². The van der Waals surface area contributed by atoms with Crippen LogP contribution in [-0.2, 0) is 9.53 Å². The van der Waals surface area contributed by atoms with E-state index < -0.39 is 0 Å². The van der Waals surface area contributed by atoms with Crippen molar-refractivity contribution in [1.29, 1.82) is 0 Å². The van der Waals surface area contributed by atoms with Gasteiger partial charge in [-0.3, -0.25) is 4.79 Å². The van der Waals surface area contributed by atoms with Crippen molar-refractivity contribution in [3.63, 3.8) is 0 Å². The third kappa shape index (κ3) is 1.33. The molecule has 72 valence electrons. The van der Waals surface area contributed by atoms with Gasteiger partial charge in [-0.05, 0) is 39.2 Å². The summed E-state index contributed by atoms with van der Waals surface area (Å²) in [5.74, 6) is 0.437. The van der Waals surface area contributed by atoms with Gasteiger partial charge in [-0.1, -0.05) is 5.57 Å². The largest absolute Gasteiger partial charge is 0.370 e. The number of hydrogen-bond acceptors (Lipinski definition) is 2. The molecule has 0 aromatic rings. The van der Waals surface area contributed by atoms with Gasteiger partial charge in [0.05, 0.1) is 12.2 Å². The van der Waals surface area contributed by atoms with Crippen LogP contribution >= 0.6 is 0 Å². The first-order chi connectivity index (χ1) is 6.09. The molecular weight excluding hydrogens is 164 g/mol. The van der Waals surface area contributed by atoms with Crippen molar-refractivity contribution in [2.24, 2.45) is 5.92 Å². The maximum Gasteiger partial charge on any atom is 0.135 e. The van der Waals surface area contributed by atoms with Gasteiger partial charge in [0.2, 0.25) is 0 Å². The highest BCUT2D eigenvalue weighted by atomic mass is 16.5. The quantitative estimate of drug-likeness (QED) is 0.577. The summed E-state index contributed by atoms with van der Waals surface area (Å²) in [6, 6.07) is 0. The van der Waals surface area contributed by atoms with E-state index in [2.05, 4.69) is 13.8 Å². The van der Waals surface area contributed by atoms with Crippen molar-refractivity contribution in [3.05, 3.63) is 11.1 Å². The molecule has 13 heavy (non-hydrogen) atoms. The highest BCUT2D eigenvalue weighted by molar-refractivity contribution is 5.79. The van der Waals surface area contributed by atoms with Gasteiger partial charge < -0.3 is 4.74 Å². The zero-order chi connectivity index (χ0) is 9.59. The summed E-state index contributed by atoms with van der Waals surface area (Å²) in [5, 5.41) is 0. The molecule has 1 saturated heterocycles. The van der Waals surface area contributed by atoms with Gasteiger partial charge in [0.25, 0.3) is 0 Å². The number of ketones is 1. The van der Waals surface area contributed by atoms with E-state index in [1.807, 2.05) is 0 Å². The third-order valence-corrected chi connectivity index (χ3v) is 3.44. The zero-order valence-corrected chi connectivity index (χ0v) is 8.46. The Balaban J connectivity index is 2.22.